The third-order valence-electron chi connectivity index (χ3n) is 4.07. The number of nitrogens with one attached hydrogen (secondary N) is 1. The molecule has 1 unspecified atom stereocenters. The molecule has 1 N–H and O–H groups in total. The first kappa shape index (κ1) is 16.3. The van der Waals surface area contributed by atoms with Gasteiger partial charge in [-0.3, -0.25) is 4.68 Å². The molecule has 6 heteroatoms. The molecule has 0 aromatic carbocycles. The van der Waals surface area contributed by atoms with Crippen LogP contribution in [-0.4, -0.2) is 55.8 Å². The molecule has 0 aliphatic carbocycles. The lowest BCUT2D eigenvalue weighted by molar-refractivity contribution is 0.0920. The predicted octanol–water partition coefficient (Wildman–Crippen LogP) is 1.08. The van der Waals surface area contributed by atoms with E-state index in [1.807, 2.05) is 11.7 Å². The molecule has 6 nitrogen and oxygen atoms in total. The van der Waals surface area contributed by atoms with E-state index in [9.17, 15) is 0 Å². The van der Waals surface area contributed by atoms with Gasteiger partial charge >= 0.3 is 0 Å². The van der Waals surface area contributed by atoms with E-state index in [1.54, 1.807) is 7.11 Å². The maximum absolute atomic E-state index is 5.62. The van der Waals surface area contributed by atoms with Gasteiger partial charge in [-0.15, -0.1) is 0 Å². The van der Waals surface area contributed by atoms with Crippen LogP contribution in [0.15, 0.2) is 0 Å². The summed E-state index contributed by atoms with van der Waals surface area (Å²) in [5.41, 5.74) is 2.38. The van der Waals surface area contributed by atoms with E-state index in [0.717, 1.165) is 51.6 Å². The summed E-state index contributed by atoms with van der Waals surface area (Å²) in [6.45, 7) is 9.22. The summed E-state index contributed by atoms with van der Waals surface area (Å²) in [6.07, 6.45) is 1.08. The quantitative estimate of drug-likeness (QED) is 0.763. The van der Waals surface area contributed by atoms with Gasteiger partial charge in [-0.05, 0) is 13.3 Å². The lowest BCUT2D eigenvalue weighted by atomic mass is 10.1. The Labute approximate surface area is 127 Å². The van der Waals surface area contributed by atoms with Gasteiger partial charge in [-0.25, -0.2) is 0 Å². The first-order valence-electron chi connectivity index (χ1n) is 7.75. The van der Waals surface area contributed by atoms with Crippen LogP contribution in [0.25, 0.3) is 0 Å². The van der Waals surface area contributed by atoms with E-state index in [0.29, 0.717) is 6.04 Å². The number of anilines is 1. The van der Waals surface area contributed by atoms with E-state index >= 15 is 0 Å². The van der Waals surface area contributed by atoms with Crippen LogP contribution in [-0.2, 0) is 23.1 Å². The van der Waals surface area contributed by atoms with Crippen molar-refractivity contribution < 1.29 is 9.47 Å². The second kappa shape index (κ2) is 7.77. The highest BCUT2D eigenvalue weighted by Crippen LogP contribution is 2.27. The molecule has 0 amide bonds. The normalized spacial score (nSPS) is 19.2. The van der Waals surface area contributed by atoms with Gasteiger partial charge in [0.1, 0.15) is 5.82 Å². The molecule has 0 radical (unpaired) electrons. The highest BCUT2D eigenvalue weighted by atomic mass is 16.5. The maximum Gasteiger partial charge on any atom is 0.131 e. The minimum Gasteiger partial charge on any atom is -0.383 e. The van der Waals surface area contributed by atoms with Gasteiger partial charge in [0.15, 0.2) is 0 Å². The number of hydrogen-bond donors (Lipinski definition) is 1. The Morgan fingerprint density at radius 3 is 3.00 bits per heavy atom. The summed E-state index contributed by atoms with van der Waals surface area (Å²) in [5.74, 6) is 1.23. The van der Waals surface area contributed by atoms with Crippen LogP contribution in [0, 0.1) is 6.92 Å². The molecule has 1 aromatic rings. The fourth-order valence-corrected chi connectivity index (χ4v) is 2.92. The fraction of sp³-hybridized carbons (Fsp3) is 0.800. The average molecular weight is 296 g/mol. The molecule has 1 aliphatic heterocycles. The summed E-state index contributed by atoms with van der Waals surface area (Å²) in [6, 6.07) is 0.436. The molecule has 2 heterocycles. The third kappa shape index (κ3) is 3.75. The maximum atomic E-state index is 5.62. The van der Waals surface area contributed by atoms with Gasteiger partial charge in [-0.1, -0.05) is 6.92 Å². The minimum atomic E-state index is 0.436. The second-order valence-corrected chi connectivity index (χ2v) is 5.51. The summed E-state index contributed by atoms with van der Waals surface area (Å²) < 4.78 is 12.7. The highest BCUT2D eigenvalue weighted by molar-refractivity contribution is 5.51. The molecule has 0 spiro atoms. The van der Waals surface area contributed by atoms with Crippen molar-refractivity contribution in [3.05, 3.63) is 11.3 Å². The van der Waals surface area contributed by atoms with E-state index in [2.05, 4.69) is 29.2 Å². The number of nitrogens with zero attached hydrogens (tertiary/aromatic N) is 3. The zero-order valence-electron chi connectivity index (χ0n) is 13.7. The van der Waals surface area contributed by atoms with Crippen molar-refractivity contribution in [2.75, 3.05) is 44.9 Å². The first-order valence-corrected chi connectivity index (χ1v) is 7.75. The van der Waals surface area contributed by atoms with Gasteiger partial charge in [0.05, 0.1) is 31.6 Å². The number of aryl methyl sites for hydroxylation is 2. The third-order valence-corrected chi connectivity index (χ3v) is 4.07. The SMILES string of the molecule is CCC1COCCN1c1c(CNCCOC)c(C)nn1C. The minimum absolute atomic E-state index is 0.436. The van der Waals surface area contributed by atoms with Crippen LogP contribution in [0.5, 0.6) is 0 Å². The smallest absolute Gasteiger partial charge is 0.131 e. The van der Waals surface area contributed by atoms with E-state index in [1.165, 1.54) is 11.4 Å². The Hall–Kier alpha value is -1.11. The predicted molar refractivity (Wildman–Crippen MR) is 83.8 cm³/mol. The summed E-state index contributed by atoms with van der Waals surface area (Å²) in [4.78, 5) is 2.46. The topological polar surface area (TPSA) is 51.6 Å². The molecular weight excluding hydrogens is 268 g/mol. The van der Waals surface area contributed by atoms with Crippen LogP contribution in [0.4, 0.5) is 5.82 Å². The molecule has 1 atom stereocenters. The zero-order valence-corrected chi connectivity index (χ0v) is 13.7. The van der Waals surface area contributed by atoms with Gasteiger partial charge in [0.25, 0.3) is 0 Å². The average Bonchev–Trinajstić information content (AvgIpc) is 2.77. The van der Waals surface area contributed by atoms with Crippen LogP contribution in [0.1, 0.15) is 24.6 Å². The van der Waals surface area contributed by atoms with Crippen LogP contribution < -0.4 is 10.2 Å². The van der Waals surface area contributed by atoms with Crippen molar-refractivity contribution in [2.24, 2.45) is 7.05 Å². The Morgan fingerprint density at radius 2 is 2.29 bits per heavy atom. The molecule has 1 aromatic heterocycles. The molecule has 1 fully saturated rings. The molecule has 1 aliphatic rings. The van der Waals surface area contributed by atoms with E-state index in [4.69, 9.17) is 9.47 Å². The largest absolute Gasteiger partial charge is 0.383 e. The summed E-state index contributed by atoms with van der Waals surface area (Å²) >= 11 is 0. The Morgan fingerprint density at radius 1 is 1.48 bits per heavy atom. The van der Waals surface area contributed by atoms with Gasteiger partial charge in [-0.2, -0.15) is 5.10 Å². The lowest BCUT2D eigenvalue weighted by Crippen LogP contribution is -2.46. The standard InChI is InChI=1S/C15H28N4O2/c1-5-13-11-21-9-7-19(13)15-14(10-16-6-8-20-4)12(2)17-18(15)3/h13,16H,5-11H2,1-4H3. The van der Waals surface area contributed by atoms with Crippen molar-refractivity contribution in [2.45, 2.75) is 32.9 Å². The number of hydrogen-bond acceptors (Lipinski definition) is 5. The Balaban J connectivity index is 2.16. The van der Waals surface area contributed by atoms with Crippen molar-refractivity contribution in [3.63, 3.8) is 0 Å². The van der Waals surface area contributed by atoms with Gasteiger partial charge < -0.3 is 19.7 Å². The highest BCUT2D eigenvalue weighted by Gasteiger charge is 2.27. The van der Waals surface area contributed by atoms with Crippen LogP contribution in [0.2, 0.25) is 0 Å². The Bertz CT molecular complexity index is 447. The van der Waals surface area contributed by atoms with Crippen molar-refractivity contribution in [1.29, 1.82) is 0 Å². The molecule has 120 valence electrons. The van der Waals surface area contributed by atoms with Gasteiger partial charge in [0.2, 0.25) is 0 Å². The molecule has 1 saturated heterocycles. The summed E-state index contributed by atoms with van der Waals surface area (Å²) in [7, 11) is 3.76. The molecule has 0 saturated carbocycles. The monoisotopic (exact) mass is 296 g/mol. The molecule has 21 heavy (non-hydrogen) atoms. The first-order chi connectivity index (χ1) is 10.2. The zero-order chi connectivity index (χ0) is 15.2. The molecular formula is C15H28N4O2. The van der Waals surface area contributed by atoms with Gasteiger partial charge in [0, 0.05) is 39.4 Å². The number of morpholine rings is 1. The number of methoxy groups -OCH3 is 1. The Kier molecular flexibility index (Phi) is 6.02. The van der Waals surface area contributed by atoms with Crippen molar-refractivity contribution >= 4 is 5.82 Å². The van der Waals surface area contributed by atoms with E-state index in [-0.39, 0.29) is 0 Å². The lowest BCUT2D eigenvalue weighted by Gasteiger charge is -2.37. The van der Waals surface area contributed by atoms with Crippen LogP contribution in [0.3, 0.4) is 0 Å². The number of ether oxygens (including phenoxy) is 2. The molecule has 0 bridgehead atoms. The van der Waals surface area contributed by atoms with Crippen molar-refractivity contribution in [3.8, 4) is 0 Å². The second-order valence-electron chi connectivity index (χ2n) is 5.51. The molecule has 2 rings (SSSR count). The fourth-order valence-electron chi connectivity index (χ4n) is 2.92. The number of aromatic nitrogens is 2. The summed E-state index contributed by atoms with van der Waals surface area (Å²) in [5, 5.41) is 8.05. The number of rotatable bonds is 7. The van der Waals surface area contributed by atoms with Crippen LogP contribution >= 0.6 is 0 Å². The van der Waals surface area contributed by atoms with E-state index < -0.39 is 0 Å². The van der Waals surface area contributed by atoms with Crippen molar-refractivity contribution in [1.82, 2.24) is 15.1 Å².